The Morgan fingerprint density at radius 1 is 1.47 bits per heavy atom. The van der Waals surface area contributed by atoms with Gasteiger partial charge in [0.25, 0.3) is 0 Å². The number of halogens is 1. The number of anilines is 1. The fourth-order valence-corrected chi connectivity index (χ4v) is 1.80. The van der Waals surface area contributed by atoms with Crippen molar-refractivity contribution in [2.45, 2.75) is 25.8 Å². The van der Waals surface area contributed by atoms with Gasteiger partial charge in [-0.15, -0.1) is 0 Å². The summed E-state index contributed by atoms with van der Waals surface area (Å²) in [6, 6.07) is 6.00. The Bertz CT molecular complexity index is 393. The molecule has 0 aliphatic carbocycles. The van der Waals surface area contributed by atoms with Crippen molar-refractivity contribution in [1.82, 2.24) is 5.32 Å². The zero-order valence-corrected chi connectivity index (χ0v) is 11.4. The molecule has 0 heterocycles. The first-order valence-electron chi connectivity index (χ1n) is 6.43. The highest BCUT2D eigenvalue weighted by Gasteiger charge is 2.09. The number of amides is 1. The van der Waals surface area contributed by atoms with Gasteiger partial charge in [0, 0.05) is 18.8 Å². The van der Waals surface area contributed by atoms with E-state index in [1.54, 1.807) is 19.2 Å². The number of benzene rings is 1. The molecule has 0 radical (unpaired) electrons. The molecule has 0 aromatic heterocycles. The SMILES string of the molecule is CCCC(COC)NCC(=O)Nc1cccc(F)c1. The van der Waals surface area contributed by atoms with E-state index in [4.69, 9.17) is 4.74 Å². The van der Waals surface area contributed by atoms with E-state index in [0.717, 1.165) is 12.8 Å². The molecule has 0 spiro atoms. The Hall–Kier alpha value is -1.46. The third kappa shape index (κ3) is 6.31. The zero-order valence-electron chi connectivity index (χ0n) is 11.4. The maximum atomic E-state index is 12.9. The molecule has 0 aliphatic rings. The molecule has 5 heteroatoms. The highest BCUT2D eigenvalue weighted by molar-refractivity contribution is 5.92. The fraction of sp³-hybridized carbons (Fsp3) is 0.500. The molecule has 2 N–H and O–H groups in total. The Kier molecular flexibility index (Phi) is 7.07. The van der Waals surface area contributed by atoms with Crippen LogP contribution in [0.25, 0.3) is 0 Å². The van der Waals surface area contributed by atoms with Crippen LogP contribution in [0.15, 0.2) is 24.3 Å². The quantitative estimate of drug-likeness (QED) is 0.759. The van der Waals surface area contributed by atoms with Gasteiger partial charge in [0.2, 0.25) is 5.91 Å². The lowest BCUT2D eigenvalue weighted by Crippen LogP contribution is -2.38. The van der Waals surface area contributed by atoms with Gasteiger partial charge >= 0.3 is 0 Å². The smallest absolute Gasteiger partial charge is 0.238 e. The van der Waals surface area contributed by atoms with Gasteiger partial charge in [-0.2, -0.15) is 0 Å². The van der Waals surface area contributed by atoms with E-state index in [0.29, 0.717) is 12.3 Å². The molecular formula is C14H21FN2O2. The number of hydrogen-bond acceptors (Lipinski definition) is 3. The summed E-state index contributed by atoms with van der Waals surface area (Å²) in [4.78, 5) is 11.7. The Morgan fingerprint density at radius 2 is 2.26 bits per heavy atom. The van der Waals surface area contributed by atoms with E-state index in [9.17, 15) is 9.18 Å². The van der Waals surface area contributed by atoms with Crippen molar-refractivity contribution in [3.05, 3.63) is 30.1 Å². The Labute approximate surface area is 113 Å². The van der Waals surface area contributed by atoms with Gasteiger partial charge < -0.3 is 15.4 Å². The minimum Gasteiger partial charge on any atom is -0.383 e. The summed E-state index contributed by atoms with van der Waals surface area (Å²) in [6.45, 7) is 2.84. The van der Waals surface area contributed by atoms with Gasteiger partial charge in [-0.05, 0) is 24.6 Å². The number of carbonyl (C=O) groups is 1. The average Bonchev–Trinajstić information content (AvgIpc) is 2.36. The third-order valence-electron chi connectivity index (χ3n) is 2.66. The molecule has 1 unspecified atom stereocenters. The second kappa shape index (κ2) is 8.61. The van der Waals surface area contributed by atoms with Crippen molar-refractivity contribution in [2.24, 2.45) is 0 Å². The van der Waals surface area contributed by atoms with E-state index >= 15 is 0 Å². The van der Waals surface area contributed by atoms with Gasteiger partial charge in [-0.25, -0.2) is 4.39 Å². The van der Waals surface area contributed by atoms with Crippen molar-refractivity contribution in [1.29, 1.82) is 0 Å². The summed E-state index contributed by atoms with van der Waals surface area (Å²) in [6.07, 6.45) is 1.97. The summed E-state index contributed by atoms with van der Waals surface area (Å²) in [5.41, 5.74) is 0.464. The standard InChI is InChI=1S/C14H21FN2O2/c1-3-5-13(10-19-2)16-9-14(18)17-12-7-4-6-11(15)8-12/h4,6-8,13,16H,3,5,9-10H2,1-2H3,(H,17,18). The lowest BCUT2D eigenvalue weighted by Gasteiger charge is -2.16. The third-order valence-corrected chi connectivity index (χ3v) is 2.66. The largest absolute Gasteiger partial charge is 0.383 e. The van der Waals surface area contributed by atoms with Crippen LogP contribution >= 0.6 is 0 Å². The van der Waals surface area contributed by atoms with Crippen LogP contribution in [-0.4, -0.2) is 32.2 Å². The van der Waals surface area contributed by atoms with Crippen molar-refractivity contribution in [2.75, 3.05) is 25.6 Å². The minimum atomic E-state index is -0.367. The molecule has 0 fully saturated rings. The molecule has 0 aliphatic heterocycles. The molecule has 0 saturated carbocycles. The van der Waals surface area contributed by atoms with Gasteiger partial charge in [-0.1, -0.05) is 19.4 Å². The first kappa shape index (κ1) is 15.6. The molecule has 4 nitrogen and oxygen atoms in total. The number of nitrogens with one attached hydrogen (secondary N) is 2. The highest BCUT2D eigenvalue weighted by Crippen LogP contribution is 2.08. The van der Waals surface area contributed by atoms with E-state index < -0.39 is 0 Å². The number of methoxy groups -OCH3 is 1. The topological polar surface area (TPSA) is 50.4 Å². The van der Waals surface area contributed by atoms with Crippen LogP contribution in [0.1, 0.15) is 19.8 Å². The molecule has 0 saturated heterocycles. The zero-order chi connectivity index (χ0) is 14.1. The monoisotopic (exact) mass is 268 g/mol. The molecule has 1 aromatic carbocycles. The first-order chi connectivity index (χ1) is 9.15. The Balaban J connectivity index is 2.38. The van der Waals surface area contributed by atoms with Gasteiger partial charge in [0.15, 0.2) is 0 Å². The molecule has 1 amide bonds. The molecule has 1 rings (SSSR count). The predicted molar refractivity (Wildman–Crippen MR) is 73.6 cm³/mol. The van der Waals surface area contributed by atoms with Gasteiger partial charge in [-0.3, -0.25) is 4.79 Å². The van der Waals surface area contributed by atoms with Crippen LogP contribution in [0.2, 0.25) is 0 Å². The predicted octanol–water partition coefficient (Wildman–Crippen LogP) is 2.17. The van der Waals surface area contributed by atoms with Crippen LogP contribution in [-0.2, 0) is 9.53 Å². The lowest BCUT2D eigenvalue weighted by molar-refractivity contribution is -0.115. The van der Waals surface area contributed by atoms with Crippen LogP contribution in [0.3, 0.4) is 0 Å². The second-order valence-electron chi connectivity index (χ2n) is 4.38. The number of ether oxygens (including phenoxy) is 1. The van der Waals surface area contributed by atoms with Crippen LogP contribution in [0.4, 0.5) is 10.1 Å². The average molecular weight is 268 g/mol. The summed E-state index contributed by atoms with van der Waals surface area (Å²) in [5.74, 6) is -0.559. The van der Waals surface area contributed by atoms with Crippen LogP contribution < -0.4 is 10.6 Å². The van der Waals surface area contributed by atoms with E-state index in [-0.39, 0.29) is 24.3 Å². The molecule has 1 atom stereocenters. The van der Waals surface area contributed by atoms with Crippen LogP contribution in [0, 0.1) is 5.82 Å². The molecule has 106 valence electrons. The second-order valence-corrected chi connectivity index (χ2v) is 4.38. The number of hydrogen-bond donors (Lipinski definition) is 2. The first-order valence-corrected chi connectivity index (χ1v) is 6.43. The maximum absolute atomic E-state index is 12.9. The minimum absolute atomic E-state index is 0.160. The van der Waals surface area contributed by atoms with E-state index in [1.807, 2.05) is 0 Å². The summed E-state index contributed by atoms with van der Waals surface area (Å²) >= 11 is 0. The van der Waals surface area contributed by atoms with Crippen molar-refractivity contribution in [3.63, 3.8) is 0 Å². The summed E-state index contributed by atoms with van der Waals surface area (Å²) < 4.78 is 18.0. The van der Waals surface area contributed by atoms with Crippen LogP contribution in [0.5, 0.6) is 0 Å². The molecular weight excluding hydrogens is 247 g/mol. The fourth-order valence-electron chi connectivity index (χ4n) is 1.80. The van der Waals surface area contributed by atoms with E-state index in [2.05, 4.69) is 17.6 Å². The van der Waals surface area contributed by atoms with Crippen molar-refractivity contribution in [3.8, 4) is 0 Å². The Morgan fingerprint density at radius 3 is 2.89 bits per heavy atom. The summed E-state index contributed by atoms with van der Waals surface area (Å²) in [5, 5.41) is 5.77. The molecule has 0 bridgehead atoms. The molecule has 1 aromatic rings. The van der Waals surface area contributed by atoms with Gasteiger partial charge in [0.05, 0.1) is 13.2 Å². The van der Waals surface area contributed by atoms with E-state index in [1.165, 1.54) is 12.1 Å². The maximum Gasteiger partial charge on any atom is 0.238 e. The van der Waals surface area contributed by atoms with Crippen molar-refractivity contribution >= 4 is 11.6 Å². The highest BCUT2D eigenvalue weighted by atomic mass is 19.1. The molecule has 19 heavy (non-hydrogen) atoms. The number of carbonyl (C=O) groups excluding carboxylic acids is 1. The summed E-state index contributed by atoms with van der Waals surface area (Å²) in [7, 11) is 1.64. The number of rotatable bonds is 8. The lowest BCUT2D eigenvalue weighted by atomic mass is 10.2. The normalized spacial score (nSPS) is 12.2. The van der Waals surface area contributed by atoms with Gasteiger partial charge in [0.1, 0.15) is 5.82 Å². The van der Waals surface area contributed by atoms with Crippen molar-refractivity contribution < 1.29 is 13.9 Å².